The van der Waals surface area contributed by atoms with Gasteiger partial charge in [-0.2, -0.15) is 0 Å². The third-order valence-electron chi connectivity index (χ3n) is 4.74. The number of rotatable bonds is 6. The Morgan fingerprint density at radius 1 is 1.36 bits per heavy atom. The smallest absolute Gasteiger partial charge is 0.164 e. The van der Waals surface area contributed by atoms with Crippen molar-refractivity contribution in [1.82, 2.24) is 9.80 Å². The molecule has 0 unspecified atom stereocenters. The van der Waals surface area contributed by atoms with Crippen molar-refractivity contribution in [2.45, 2.75) is 19.9 Å². The first-order valence-electron chi connectivity index (χ1n) is 9.44. The van der Waals surface area contributed by atoms with Gasteiger partial charge in [0.15, 0.2) is 5.17 Å². The molecule has 0 spiro atoms. The van der Waals surface area contributed by atoms with Gasteiger partial charge in [-0.3, -0.25) is 4.90 Å². The molecule has 4 nitrogen and oxygen atoms in total. The minimum absolute atomic E-state index is 0.0618. The van der Waals surface area contributed by atoms with Gasteiger partial charge in [-0.05, 0) is 49.9 Å². The van der Waals surface area contributed by atoms with E-state index in [1.54, 1.807) is 11.8 Å². The number of hydrogen-bond donors (Lipinski definition) is 1. The number of aliphatic imine (C=N–C) groups is 1. The lowest BCUT2D eigenvalue weighted by Crippen LogP contribution is -2.53. The van der Waals surface area contributed by atoms with Crippen LogP contribution in [0, 0.1) is 0 Å². The summed E-state index contributed by atoms with van der Waals surface area (Å²) in [4.78, 5) is 9.63. The van der Waals surface area contributed by atoms with Gasteiger partial charge in [0.2, 0.25) is 0 Å². The summed E-state index contributed by atoms with van der Waals surface area (Å²) in [6, 6.07) is 8.04. The molecule has 0 bridgehead atoms. The molecule has 1 fully saturated rings. The van der Waals surface area contributed by atoms with Crippen LogP contribution in [0.15, 0.2) is 65.2 Å². The number of piperazine rings is 1. The lowest BCUT2D eigenvalue weighted by Gasteiger charge is -2.41. The third-order valence-corrected chi connectivity index (χ3v) is 5.71. The predicted octanol–water partition coefficient (Wildman–Crippen LogP) is 4.75. The molecule has 28 heavy (non-hydrogen) atoms. The summed E-state index contributed by atoms with van der Waals surface area (Å²) in [6.07, 6.45) is 7.88. The summed E-state index contributed by atoms with van der Waals surface area (Å²) in [5.41, 5.74) is 3.15. The van der Waals surface area contributed by atoms with Crippen molar-refractivity contribution < 1.29 is 5.11 Å². The number of aliphatic hydroxyl groups excluding tert-OH is 1. The number of nitrogens with zero attached hydrogens (tertiary/aromatic N) is 3. The first kappa shape index (κ1) is 22.8. The van der Waals surface area contributed by atoms with E-state index in [1.807, 2.05) is 43.3 Å². The van der Waals surface area contributed by atoms with E-state index in [-0.39, 0.29) is 6.61 Å². The highest BCUT2D eigenvalue weighted by Crippen LogP contribution is 2.22. The average molecular weight is 420 g/mol. The molecule has 2 rings (SSSR count). The number of thioether (sulfide) groups is 1. The van der Waals surface area contributed by atoms with E-state index < -0.39 is 0 Å². The molecule has 0 radical (unpaired) electrons. The van der Waals surface area contributed by atoms with E-state index in [0.29, 0.717) is 6.04 Å². The molecule has 1 aromatic carbocycles. The molecule has 1 heterocycles. The molecule has 152 valence electrons. The van der Waals surface area contributed by atoms with Gasteiger partial charge in [0.05, 0.1) is 12.3 Å². The van der Waals surface area contributed by atoms with Crippen LogP contribution in [-0.2, 0) is 0 Å². The maximum atomic E-state index is 9.04. The molecule has 1 atom stereocenters. The maximum absolute atomic E-state index is 9.04. The zero-order valence-electron chi connectivity index (χ0n) is 16.9. The third kappa shape index (κ3) is 6.82. The van der Waals surface area contributed by atoms with Gasteiger partial charge in [-0.25, -0.2) is 4.99 Å². The van der Waals surface area contributed by atoms with Crippen molar-refractivity contribution in [1.29, 1.82) is 0 Å². The van der Waals surface area contributed by atoms with E-state index in [0.717, 1.165) is 47.6 Å². The first-order chi connectivity index (χ1) is 13.5. The molecule has 1 aromatic rings. The molecule has 1 N–H and O–H groups in total. The Hall–Kier alpha value is -1.53. The van der Waals surface area contributed by atoms with Crippen LogP contribution in [0.5, 0.6) is 0 Å². The molecule has 6 heteroatoms. The Bertz CT molecular complexity index is 743. The summed E-state index contributed by atoms with van der Waals surface area (Å²) in [7, 11) is 0. The second-order valence-electron chi connectivity index (χ2n) is 6.89. The van der Waals surface area contributed by atoms with Crippen molar-refractivity contribution in [2.24, 2.45) is 4.99 Å². The highest BCUT2D eigenvalue weighted by Gasteiger charge is 2.25. The van der Waals surface area contributed by atoms with E-state index in [2.05, 4.69) is 35.6 Å². The minimum Gasteiger partial charge on any atom is -0.392 e. The summed E-state index contributed by atoms with van der Waals surface area (Å²) in [5.74, 6) is 0. The second-order valence-corrected chi connectivity index (χ2v) is 8.10. The van der Waals surface area contributed by atoms with Crippen LogP contribution in [0.1, 0.15) is 13.8 Å². The molecule has 0 amide bonds. The molecule has 0 saturated carbocycles. The Morgan fingerprint density at radius 2 is 2.07 bits per heavy atom. The van der Waals surface area contributed by atoms with Crippen molar-refractivity contribution in [3.63, 3.8) is 0 Å². The van der Waals surface area contributed by atoms with Crippen molar-refractivity contribution in [3.05, 3.63) is 65.2 Å². The van der Waals surface area contributed by atoms with Crippen LogP contribution in [0.2, 0.25) is 5.02 Å². The Balaban J connectivity index is 2.04. The normalized spacial score (nSPS) is 19.8. The van der Waals surface area contributed by atoms with Gasteiger partial charge in [-0.15, -0.1) is 0 Å². The van der Waals surface area contributed by atoms with Crippen LogP contribution < -0.4 is 0 Å². The Kier molecular flexibility index (Phi) is 9.32. The van der Waals surface area contributed by atoms with Crippen LogP contribution >= 0.6 is 23.4 Å². The fourth-order valence-corrected chi connectivity index (χ4v) is 3.92. The van der Waals surface area contributed by atoms with Crippen molar-refractivity contribution >= 4 is 34.2 Å². The molecule has 0 aromatic heterocycles. The Labute approximate surface area is 178 Å². The lowest BCUT2D eigenvalue weighted by molar-refractivity contribution is 0.136. The van der Waals surface area contributed by atoms with E-state index >= 15 is 0 Å². The second kappa shape index (κ2) is 11.5. The van der Waals surface area contributed by atoms with Crippen molar-refractivity contribution in [2.75, 3.05) is 39.0 Å². The standard InChI is InChI=1S/C22H30ClN3OS/c1-5-19(14-17(2)10-13-27)16-25-11-12-26(15-18(25)3)22(28-4)24-21-8-6-20(23)7-9-21/h5-10,14,18,27H,1,11-13,15-16H2,2-4H3/b17-10-,19-14+,24-22-/t18-/m0/s1. The zero-order valence-corrected chi connectivity index (χ0v) is 18.5. The maximum Gasteiger partial charge on any atom is 0.164 e. The monoisotopic (exact) mass is 419 g/mol. The zero-order chi connectivity index (χ0) is 20.5. The summed E-state index contributed by atoms with van der Waals surface area (Å²) >= 11 is 7.65. The first-order valence-corrected chi connectivity index (χ1v) is 11.0. The summed E-state index contributed by atoms with van der Waals surface area (Å²) in [6.45, 7) is 12.0. The molecule has 0 aliphatic carbocycles. The molecule has 1 saturated heterocycles. The fourth-order valence-electron chi connectivity index (χ4n) is 3.17. The van der Waals surface area contributed by atoms with E-state index in [1.165, 1.54) is 5.57 Å². The highest BCUT2D eigenvalue weighted by atomic mass is 35.5. The highest BCUT2D eigenvalue weighted by molar-refractivity contribution is 8.13. The molecular weight excluding hydrogens is 390 g/mol. The van der Waals surface area contributed by atoms with E-state index in [4.69, 9.17) is 21.7 Å². The largest absolute Gasteiger partial charge is 0.392 e. The number of hydrogen-bond acceptors (Lipinski definition) is 4. The van der Waals surface area contributed by atoms with Gasteiger partial charge in [0, 0.05) is 37.2 Å². The van der Waals surface area contributed by atoms with Crippen LogP contribution in [0.4, 0.5) is 5.69 Å². The number of halogens is 1. The predicted molar refractivity (Wildman–Crippen MR) is 124 cm³/mol. The fraction of sp³-hybridized carbons (Fsp3) is 0.409. The number of benzene rings is 1. The molecule has 1 aliphatic heterocycles. The summed E-state index contributed by atoms with van der Waals surface area (Å²) in [5, 5.41) is 10.8. The lowest BCUT2D eigenvalue weighted by atomic mass is 10.1. The number of aliphatic hydroxyl groups is 1. The van der Waals surface area contributed by atoms with Crippen molar-refractivity contribution in [3.8, 4) is 0 Å². The molecule has 1 aliphatic rings. The van der Waals surface area contributed by atoms with Crippen LogP contribution in [-0.4, -0.2) is 65.2 Å². The number of amidine groups is 1. The van der Waals surface area contributed by atoms with Gasteiger partial charge in [0.1, 0.15) is 0 Å². The SMILES string of the molecule is C=C/C(=C\C(C)=C/CO)CN1CCN(/C(=N/c2ccc(Cl)cc2)SC)C[C@@H]1C. The van der Waals surface area contributed by atoms with Gasteiger partial charge in [0.25, 0.3) is 0 Å². The van der Waals surface area contributed by atoms with Crippen LogP contribution in [0.3, 0.4) is 0 Å². The Morgan fingerprint density at radius 3 is 2.64 bits per heavy atom. The minimum atomic E-state index is 0.0618. The number of allylic oxidation sites excluding steroid dienone is 2. The van der Waals surface area contributed by atoms with Gasteiger partial charge >= 0.3 is 0 Å². The topological polar surface area (TPSA) is 39.1 Å². The van der Waals surface area contributed by atoms with Gasteiger partial charge < -0.3 is 10.0 Å². The van der Waals surface area contributed by atoms with Gasteiger partial charge in [-0.1, -0.05) is 53.7 Å². The summed E-state index contributed by atoms with van der Waals surface area (Å²) < 4.78 is 0. The van der Waals surface area contributed by atoms with Crippen LogP contribution in [0.25, 0.3) is 0 Å². The quantitative estimate of drug-likeness (QED) is 0.410. The van der Waals surface area contributed by atoms with E-state index in [9.17, 15) is 0 Å². The molecular formula is C22H30ClN3OS. The average Bonchev–Trinajstić information content (AvgIpc) is 2.68.